The van der Waals surface area contributed by atoms with Crippen molar-refractivity contribution >= 4 is 17.8 Å². The van der Waals surface area contributed by atoms with Crippen LogP contribution in [0.15, 0.2) is 0 Å². The molecule has 1 atom stereocenters. The van der Waals surface area contributed by atoms with Gasteiger partial charge in [0.1, 0.15) is 6.04 Å². The number of hydrazine groups is 1. The topological polar surface area (TPSA) is 141 Å². The van der Waals surface area contributed by atoms with Crippen LogP contribution in [-0.4, -0.2) is 33.5 Å². The van der Waals surface area contributed by atoms with Crippen LogP contribution >= 0.6 is 0 Å². The Hall–Kier alpha value is -2.16. The fraction of sp³-hybridized carbons (Fsp3) is 0.556. The van der Waals surface area contributed by atoms with Crippen molar-refractivity contribution in [2.45, 2.75) is 26.3 Å². The van der Waals surface area contributed by atoms with E-state index in [2.05, 4.69) is 25.7 Å². The molecule has 100 valence electrons. The predicted molar refractivity (Wildman–Crippen MR) is 65.7 cm³/mol. The van der Waals surface area contributed by atoms with Gasteiger partial charge in [-0.25, -0.2) is 5.84 Å². The lowest BCUT2D eigenvalue weighted by Crippen LogP contribution is -2.33. The minimum absolute atomic E-state index is 0.124. The standard InChI is InChI=1S/C9H17N7O2/c1-3-4-18-9-14-7(12-5(2)6(10)17)13-8(15-9)16-11/h5H,3-4,11H2,1-2H3,(H2,10,17)(H2,12,13,14,15,16). The molecule has 1 unspecified atom stereocenters. The molecule has 1 amide bonds. The van der Waals surface area contributed by atoms with E-state index in [1.165, 1.54) is 0 Å². The van der Waals surface area contributed by atoms with Gasteiger partial charge in [-0.1, -0.05) is 6.92 Å². The number of amides is 1. The quantitative estimate of drug-likeness (QED) is 0.367. The van der Waals surface area contributed by atoms with Gasteiger partial charge in [0.2, 0.25) is 17.8 Å². The minimum Gasteiger partial charge on any atom is -0.463 e. The molecular weight excluding hydrogens is 238 g/mol. The third-order valence-electron chi connectivity index (χ3n) is 1.95. The molecule has 18 heavy (non-hydrogen) atoms. The number of nitrogens with one attached hydrogen (secondary N) is 2. The molecule has 0 aromatic carbocycles. The van der Waals surface area contributed by atoms with E-state index < -0.39 is 11.9 Å². The van der Waals surface area contributed by atoms with Crippen molar-refractivity contribution in [3.8, 4) is 6.01 Å². The average Bonchev–Trinajstić information content (AvgIpc) is 2.35. The lowest BCUT2D eigenvalue weighted by Gasteiger charge is -2.11. The molecule has 0 saturated carbocycles. The predicted octanol–water partition coefficient (Wildman–Crippen LogP) is -0.768. The van der Waals surface area contributed by atoms with E-state index in [9.17, 15) is 4.79 Å². The fourth-order valence-electron chi connectivity index (χ4n) is 1.01. The highest BCUT2D eigenvalue weighted by molar-refractivity contribution is 5.81. The van der Waals surface area contributed by atoms with Crippen molar-refractivity contribution in [2.75, 3.05) is 17.3 Å². The Morgan fingerprint density at radius 1 is 1.39 bits per heavy atom. The third kappa shape index (κ3) is 4.01. The number of anilines is 2. The summed E-state index contributed by atoms with van der Waals surface area (Å²) in [6.45, 7) is 4.02. The lowest BCUT2D eigenvalue weighted by atomic mass is 10.3. The molecule has 1 aromatic heterocycles. The van der Waals surface area contributed by atoms with Gasteiger partial charge in [0.15, 0.2) is 0 Å². The van der Waals surface area contributed by atoms with Crippen molar-refractivity contribution in [1.82, 2.24) is 15.0 Å². The molecule has 9 heteroatoms. The van der Waals surface area contributed by atoms with Gasteiger partial charge in [0.05, 0.1) is 6.61 Å². The molecule has 0 radical (unpaired) electrons. The highest BCUT2D eigenvalue weighted by atomic mass is 16.5. The first-order chi connectivity index (χ1) is 8.56. The summed E-state index contributed by atoms with van der Waals surface area (Å²) in [6.07, 6.45) is 0.817. The summed E-state index contributed by atoms with van der Waals surface area (Å²) in [4.78, 5) is 22.7. The second kappa shape index (κ2) is 6.55. The molecular formula is C9H17N7O2. The molecule has 0 fully saturated rings. The first-order valence-electron chi connectivity index (χ1n) is 5.48. The van der Waals surface area contributed by atoms with E-state index in [0.29, 0.717) is 6.61 Å². The zero-order valence-electron chi connectivity index (χ0n) is 10.3. The smallest absolute Gasteiger partial charge is 0.323 e. The molecule has 0 bridgehead atoms. The molecule has 0 aliphatic rings. The van der Waals surface area contributed by atoms with Crippen molar-refractivity contribution in [3.05, 3.63) is 0 Å². The number of primary amides is 1. The average molecular weight is 255 g/mol. The Kier molecular flexibility index (Phi) is 5.06. The number of carbonyl (C=O) groups is 1. The van der Waals surface area contributed by atoms with Gasteiger partial charge in [0.25, 0.3) is 0 Å². The molecule has 1 aromatic rings. The van der Waals surface area contributed by atoms with E-state index in [-0.39, 0.29) is 17.9 Å². The van der Waals surface area contributed by atoms with Crippen molar-refractivity contribution in [2.24, 2.45) is 11.6 Å². The van der Waals surface area contributed by atoms with Gasteiger partial charge in [0, 0.05) is 0 Å². The Morgan fingerprint density at radius 3 is 2.61 bits per heavy atom. The highest BCUT2D eigenvalue weighted by Gasteiger charge is 2.12. The normalized spacial score (nSPS) is 11.7. The maximum Gasteiger partial charge on any atom is 0.323 e. The van der Waals surface area contributed by atoms with Crippen LogP contribution in [0.1, 0.15) is 20.3 Å². The number of carbonyl (C=O) groups excluding carboxylic acids is 1. The molecule has 9 nitrogen and oxygen atoms in total. The molecule has 0 spiro atoms. The SMILES string of the molecule is CCCOc1nc(NN)nc(NC(C)C(N)=O)n1. The molecule has 0 saturated heterocycles. The monoisotopic (exact) mass is 255 g/mol. The van der Waals surface area contributed by atoms with Crippen LogP contribution in [0.25, 0.3) is 0 Å². The minimum atomic E-state index is -0.614. The van der Waals surface area contributed by atoms with Crippen molar-refractivity contribution < 1.29 is 9.53 Å². The van der Waals surface area contributed by atoms with E-state index in [1.54, 1.807) is 6.92 Å². The molecule has 1 heterocycles. The van der Waals surface area contributed by atoms with Crippen molar-refractivity contribution in [3.63, 3.8) is 0 Å². The summed E-state index contributed by atoms with van der Waals surface area (Å²) in [5.41, 5.74) is 7.42. The van der Waals surface area contributed by atoms with Gasteiger partial charge in [-0.05, 0) is 13.3 Å². The maximum absolute atomic E-state index is 10.9. The number of nitrogens with two attached hydrogens (primary N) is 2. The summed E-state index contributed by atoms with van der Waals surface area (Å²) in [6, 6.07) is -0.490. The fourth-order valence-corrected chi connectivity index (χ4v) is 1.01. The van der Waals surface area contributed by atoms with Crippen LogP contribution in [0.3, 0.4) is 0 Å². The number of rotatable bonds is 7. The maximum atomic E-state index is 10.9. The molecule has 0 aliphatic heterocycles. The number of hydrogen-bond donors (Lipinski definition) is 4. The number of nitrogens with zero attached hydrogens (tertiary/aromatic N) is 3. The number of aromatic nitrogens is 3. The zero-order chi connectivity index (χ0) is 13.5. The Labute approximate surface area is 104 Å². The summed E-state index contributed by atoms with van der Waals surface area (Å²) >= 11 is 0. The van der Waals surface area contributed by atoms with Crippen LogP contribution in [0.5, 0.6) is 6.01 Å². The third-order valence-corrected chi connectivity index (χ3v) is 1.95. The summed E-state index contributed by atoms with van der Waals surface area (Å²) in [7, 11) is 0. The summed E-state index contributed by atoms with van der Waals surface area (Å²) in [5.74, 6) is 5.01. The number of nitrogen functional groups attached to an aromatic ring is 1. The Bertz CT molecular complexity index is 412. The van der Waals surface area contributed by atoms with Gasteiger partial charge in [-0.2, -0.15) is 15.0 Å². The highest BCUT2D eigenvalue weighted by Crippen LogP contribution is 2.11. The number of ether oxygens (including phenoxy) is 1. The zero-order valence-corrected chi connectivity index (χ0v) is 10.3. The van der Waals surface area contributed by atoms with E-state index in [1.807, 2.05) is 6.92 Å². The lowest BCUT2D eigenvalue weighted by molar-refractivity contribution is -0.118. The van der Waals surface area contributed by atoms with Crippen LogP contribution < -0.4 is 27.1 Å². The Balaban J connectivity index is 2.86. The van der Waals surface area contributed by atoms with E-state index in [0.717, 1.165) is 6.42 Å². The van der Waals surface area contributed by atoms with Crippen LogP contribution in [-0.2, 0) is 4.79 Å². The van der Waals surface area contributed by atoms with Gasteiger partial charge in [-0.15, -0.1) is 0 Å². The largest absolute Gasteiger partial charge is 0.463 e. The van der Waals surface area contributed by atoms with Gasteiger partial charge in [-0.3, -0.25) is 10.2 Å². The van der Waals surface area contributed by atoms with E-state index >= 15 is 0 Å². The second-order valence-electron chi connectivity index (χ2n) is 3.53. The van der Waals surface area contributed by atoms with Gasteiger partial charge < -0.3 is 15.8 Å². The van der Waals surface area contributed by atoms with E-state index in [4.69, 9.17) is 16.3 Å². The molecule has 0 aliphatic carbocycles. The van der Waals surface area contributed by atoms with Crippen LogP contribution in [0.4, 0.5) is 11.9 Å². The summed E-state index contributed by atoms with van der Waals surface area (Å²) in [5, 5.41) is 2.72. The molecule has 1 rings (SSSR count). The first kappa shape index (κ1) is 13.9. The van der Waals surface area contributed by atoms with Gasteiger partial charge >= 0.3 is 6.01 Å². The Morgan fingerprint density at radius 2 is 2.06 bits per heavy atom. The second-order valence-corrected chi connectivity index (χ2v) is 3.53. The van der Waals surface area contributed by atoms with Crippen molar-refractivity contribution in [1.29, 1.82) is 0 Å². The van der Waals surface area contributed by atoms with Crippen LogP contribution in [0, 0.1) is 0 Å². The number of hydrogen-bond acceptors (Lipinski definition) is 8. The summed E-state index contributed by atoms with van der Waals surface area (Å²) < 4.78 is 5.27. The molecule has 6 N–H and O–H groups in total. The first-order valence-corrected chi connectivity index (χ1v) is 5.48. The van der Waals surface area contributed by atoms with Crippen LogP contribution in [0.2, 0.25) is 0 Å².